The molecule has 2 heterocycles. The molecule has 1 aliphatic heterocycles. The summed E-state index contributed by atoms with van der Waals surface area (Å²) in [5.41, 5.74) is 0. The van der Waals surface area contributed by atoms with Gasteiger partial charge in [0.25, 0.3) is 0 Å². The second kappa shape index (κ2) is 4.78. The third-order valence-corrected chi connectivity index (χ3v) is 4.55. The van der Waals surface area contributed by atoms with Crippen LogP contribution in [0.3, 0.4) is 0 Å². The summed E-state index contributed by atoms with van der Waals surface area (Å²) in [4.78, 5) is 0. The molecule has 1 aromatic rings. The van der Waals surface area contributed by atoms with Crippen molar-refractivity contribution in [2.75, 3.05) is 13.2 Å². The lowest BCUT2D eigenvalue weighted by Gasteiger charge is -2.36. The first-order valence-corrected chi connectivity index (χ1v) is 6.60. The molecule has 0 N–H and O–H groups in total. The molecule has 1 aromatic heterocycles. The van der Waals surface area contributed by atoms with E-state index >= 15 is 0 Å². The molecule has 0 saturated carbocycles. The molecule has 2 atom stereocenters. The van der Waals surface area contributed by atoms with Crippen LogP contribution in [-0.4, -0.2) is 39.8 Å². The number of aryl methyl sites for hydroxylation is 1. The van der Waals surface area contributed by atoms with Crippen molar-refractivity contribution < 1.29 is 4.74 Å². The predicted molar refractivity (Wildman–Crippen MR) is 62.1 cm³/mol. The van der Waals surface area contributed by atoms with Gasteiger partial charge in [-0.1, -0.05) is 11.3 Å². The highest BCUT2D eigenvalue weighted by Gasteiger charge is 2.27. The largest absolute Gasteiger partial charge is 0.378 e. The second-order valence-corrected chi connectivity index (χ2v) is 6.20. The van der Waals surface area contributed by atoms with E-state index in [0.717, 1.165) is 22.6 Å². The molecule has 15 heavy (non-hydrogen) atoms. The van der Waals surface area contributed by atoms with E-state index in [1.807, 2.05) is 6.92 Å². The number of morpholine rings is 1. The minimum absolute atomic E-state index is 0.433. The van der Waals surface area contributed by atoms with E-state index in [9.17, 15) is 0 Å². The molecule has 0 aromatic carbocycles. The third-order valence-electron chi connectivity index (χ3n) is 2.28. The standard InChI is InChI=1S/C9H15N3OS2/c1-6-4-13-5-7(2)12(6)15-9-11-10-8(3)14-9/h6-7H,4-5H2,1-3H3. The van der Waals surface area contributed by atoms with Crippen LogP contribution in [-0.2, 0) is 4.74 Å². The molecule has 84 valence electrons. The van der Waals surface area contributed by atoms with E-state index in [1.54, 1.807) is 23.3 Å². The Balaban J connectivity index is 2.03. The number of hydrogen-bond donors (Lipinski definition) is 0. The van der Waals surface area contributed by atoms with Crippen molar-refractivity contribution in [1.82, 2.24) is 14.5 Å². The molecule has 0 radical (unpaired) electrons. The number of aromatic nitrogens is 2. The maximum atomic E-state index is 5.48. The Hall–Kier alpha value is -0.170. The Morgan fingerprint density at radius 3 is 2.53 bits per heavy atom. The maximum Gasteiger partial charge on any atom is 0.189 e. The van der Waals surface area contributed by atoms with Gasteiger partial charge in [-0.3, -0.25) is 0 Å². The third kappa shape index (κ3) is 2.69. The summed E-state index contributed by atoms with van der Waals surface area (Å²) in [6.45, 7) is 7.94. The van der Waals surface area contributed by atoms with Crippen molar-refractivity contribution in [2.24, 2.45) is 0 Å². The molecule has 4 nitrogen and oxygen atoms in total. The van der Waals surface area contributed by atoms with Crippen LogP contribution in [0, 0.1) is 6.92 Å². The van der Waals surface area contributed by atoms with Crippen molar-refractivity contribution in [3.05, 3.63) is 5.01 Å². The van der Waals surface area contributed by atoms with Crippen LogP contribution < -0.4 is 0 Å². The van der Waals surface area contributed by atoms with Gasteiger partial charge in [0.05, 0.1) is 13.2 Å². The van der Waals surface area contributed by atoms with Gasteiger partial charge in [-0.25, -0.2) is 4.31 Å². The van der Waals surface area contributed by atoms with E-state index in [1.165, 1.54) is 0 Å². The average molecular weight is 245 g/mol. The van der Waals surface area contributed by atoms with Crippen LogP contribution in [0.4, 0.5) is 0 Å². The van der Waals surface area contributed by atoms with Crippen LogP contribution in [0.2, 0.25) is 0 Å². The van der Waals surface area contributed by atoms with Gasteiger partial charge in [0.1, 0.15) is 5.01 Å². The second-order valence-electron chi connectivity index (χ2n) is 3.77. The molecule has 1 fully saturated rings. The number of hydrogen-bond acceptors (Lipinski definition) is 6. The summed E-state index contributed by atoms with van der Waals surface area (Å²) < 4.78 is 8.85. The number of rotatable bonds is 2. The molecule has 0 aliphatic carbocycles. The van der Waals surface area contributed by atoms with Gasteiger partial charge in [-0.15, -0.1) is 10.2 Å². The van der Waals surface area contributed by atoms with Crippen molar-refractivity contribution in [2.45, 2.75) is 37.2 Å². The lowest BCUT2D eigenvalue weighted by molar-refractivity contribution is 0.0114. The molecule has 2 unspecified atom stereocenters. The van der Waals surface area contributed by atoms with E-state index in [-0.39, 0.29) is 0 Å². The Morgan fingerprint density at radius 1 is 1.33 bits per heavy atom. The zero-order valence-corrected chi connectivity index (χ0v) is 10.8. The van der Waals surface area contributed by atoms with E-state index in [0.29, 0.717) is 12.1 Å². The summed E-state index contributed by atoms with van der Waals surface area (Å²) in [5, 5.41) is 9.17. The average Bonchev–Trinajstić information content (AvgIpc) is 2.58. The maximum absolute atomic E-state index is 5.48. The summed E-state index contributed by atoms with van der Waals surface area (Å²) in [5.74, 6) is 0. The molecule has 0 amide bonds. The van der Waals surface area contributed by atoms with E-state index in [4.69, 9.17) is 4.74 Å². The fourth-order valence-electron chi connectivity index (χ4n) is 1.58. The fourth-order valence-corrected chi connectivity index (χ4v) is 3.50. The summed E-state index contributed by atoms with van der Waals surface area (Å²) in [7, 11) is 0. The SMILES string of the molecule is Cc1nnc(SN2C(C)COCC2C)s1. The van der Waals surface area contributed by atoms with E-state index in [2.05, 4.69) is 28.4 Å². The molecular weight excluding hydrogens is 230 g/mol. The number of ether oxygens (including phenoxy) is 1. The first-order valence-electron chi connectivity index (χ1n) is 5.01. The minimum Gasteiger partial charge on any atom is -0.378 e. The zero-order valence-electron chi connectivity index (χ0n) is 9.14. The van der Waals surface area contributed by atoms with Crippen LogP contribution in [0.15, 0.2) is 4.34 Å². The predicted octanol–water partition coefficient (Wildman–Crippen LogP) is 1.96. The zero-order chi connectivity index (χ0) is 10.8. The Bertz CT molecular complexity index is 321. The minimum atomic E-state index is 0.433. The highest BCUT2D eigenvalue weighted by atomic mass is 32.2. The van der Waals surface area contributed by atoms with Gasteiger partial charge < -0.3 is 4.74 Å². The lowest BCUT2D eigenvalue weighted by atomic mass is 10.2. The molecule has 2 rings (SSSR count). The van der Waals surface area contributed by atoms with Gasteiger partial charge in [-0.2, -0.15) is 0 Å². The molecule has 0 bridgehead atoms. The topological polar surface area (TPSA) is 38.2 Å². The normalized spacial score (nSPS) is 28.2. The van der Waals surface area contributed by atoms with E-state index < -0.39 is 0 Å². The molecule has 1 aliphatic rings. The Morgan fingerprint density at radius 2 is 2.00 bits per heavy atom. The van der Waals surface area contributed by atoms with Gasteiger partial charge in [0, 0.05) is 12.1 Å². The van der Waals surface area contributed by atoms with Gasteiger partial charge in [-0.05, 0) is 32.7 Å². The van der Waals surface area contributed by atoms with Crippen molar-refractivity contribution in [1.29, 1.82) is 0 Å². The Kier molecular flexibility index (Phi) is 3.60. The number of nitrogens with zero attached hydrogens (tertiary/aromatic N) is 3. The van der Waals surface area contributed by atoms with Crippen LogP contribution in [0.1, 0.15) is 18.9 Å². The van der Waals surface area contributed by atoms with Gasteiger partial charge in [0.2, 0.25) is 0 Å². The lowest BCUT2D eigenvalue weighted by Crippen LogP contribution is -2.45. The van der Waals surface area contributed by atoms with Crippen molar-refractivity contribution >= 4 is 23.3 Å². The highest BCUT2D eigenvalue weighted by molar-refractivity contribution is 7.98. The van der Waals surface area contributed by atoms with Crippen LogP contribution in [0.5, 0.6) is 0 Å². The smallest absolute Gasteiger partial charge is 0.189 e. The summed E-state index contributed by atoms with van der Waals surface area (Å²) in [6, 6.07) is 0.867. The molecule has 6 heteroatoms. The van der Waals surface area contributed by atoms with Crippen LogP contribution >= 0.6 is 23.3 Å². The first-order chi connectivity index (χ1) is 7.16. The van der Waals surface area contributed by atoms with Crippen molar-refractivity contribution in [3.63, 3.8) is 0 Å². The molecule has 1 saturated heterocycles. The monoisotopic (exact) mass is 245 g/mol. The van der Waals surface area contributed by atoms with Gasteiger partial charge >= 0.3 is 0 Å². The van der Waals surface area contributed by atoms with Crippen LogP contribution in [0.25, 0.3) is 0 Å². The highest BCUT2D eigenvalue weighted by Crippen LogP contribution is 2.31. The molecular formula is C9H15N3OS2. The fraction of sp³-hybridized carbons (Fsp3) is 0.778. The Labute approximate surface area is 98.2 Å². The van der Waals surface area contributed by atoms with Gasteiger partial charge in [0.15, 0.2) is 4.34 Å². The first kappa shape index (κ1) is 11.3. The molecule has 0 spiro atoms. The summed E-state index contributed by atoms with van der Waals surface area (Å²) >= 11 is 3.34. The van der Waals surface area contributed by atoms with Crippen molar-refractivity contribution in [3.8, 4) is 0 Å². The quantitative estimate of drug-likeness (QED) is 0.745. The summed E-state index contributed by atoms with van der Waals surface area (Å²) in [6.07, 6.45) is 0.